The molecule has 166 valence electrons. The molecule has 4 aromatic rings. The van der Waals surface area contributed by atoms with Gasteiger partial charge in [-0.3, -0.25) is 9.59 Å². The standard InChI is InChI=1S/C32H26O2/c1-21-13-14-23-15-16-27-26(20-30(33)24-9-5-3-6-10-24)17-22(2)19-29(27)31(28(23)18-21)32(34)25-11-7-4-8-12-25/h3-19,31H,20H2,1-2H3. The van der Waals surface area contributed by atoms with E-state index in [-0.39, 0.29) is 11.6 Å². The first-order chi connectivity index (χ1) is 16.5. The van der Waals surface area contributed by atoms with Crippen LogP contribution in [0.15, 0.2) is 91.0 Å². The van der Waals surface area contributed by atoms with Crippen LogP contribution in [0, 0.1) is 13.8 Å². The SMILES string of the molecule is Cc1ccc2c(c1)C(C(=O)c1ccccc1)c1cc(C)cc(CC(=O)c3ccccc3)c1C=C2. The topological polar surface area (TPSA) is 34.1 Å². The minimum atomic E-state index is -0.437. The molecule has 0 saturated carbocycles. The summed E-state index contributed by atoms with van der Waals surface area (Å²) in [7, 11) is 0. The minimum Gasteiger partial charge on any atom is -0.294 e. The maximum Gasteiger partial charge on any atom is 0.174 e. The summed E-state index contributed by atoms with van der Waals surface area (Å²) in [6.45, 7) is 4.09. The van der Waals surface area contributed by atoms with Crippen molar-refractivity contribution in [3.05, 3.63) is 141 Å². The fraction of sp³-hybridized carbons (Fsp3) is 0.125. The smallest absolute Gasteiger partial charge is 0.174 e. The van der Waals surface area contributed by atoms with Crippen molar-refractivity contribution < 1.29 is 9.59 Å². The van der Waals surface area contributed by atoms with E-state index in [1.807, 2.05) is 67.6 Å². The quantitative estimate of drug-likeness (QED) is 0.306. The van der Waals surface area contributed by atoms with Gasteiger partial charge in [-0.1, -0.05) is 114 Å². The molecule has 0 fully saturated rings. The number of carbonyl (C=O) groups is 2. The van der Waals surface area contributed by atoms with Crippen LogP contribution in [-0.4, -0.2) is 11.6 Å². The molecular formula is C32H26O2. The average molecular weight is 443 g/mol. The molecular weight excluding hydrogens is 416 g/mol. The molecule has 0 bridgehead atoms. The van der Waals surface area contributed by atoms with E-state index in [9.17, 15) is 9.59 Å². The van der Waals surface area contributed by atoms with Crippen LogP contribution in [0.25, 0.3) is 12.2 Å². The van der Waals surface area contributed by atoms with Crippen LogP contribution in [-0.2, 0) is 6.42 Å². The fourth-order valence-corrected chi connectivity index (χ4v) is 4.88. The van der Waals surface area contributed by atoms with Gasteiger partial charge < -0.3 is 0 Å². The zero-order valence-corrected chi connectivity index (χ0v) is 19.4. The summed E-state index contributed by atoms with van der Waals surface area (Å²) in [4.78, 5) is 27.1. The first-order valence-electron chi connectivity index (χ1n) is 11.6. The van der Waals surface area contributed by atoms with Gasteiger partial charge in [-0.05, 0) is 41.7 Å². The van der Waals surface area contributed by atoms with Gasteiger partial charge in [0.1, 0.15) is 0 Å². The Kier molecular flexibility index (Phi) is 5.81. The predicted octanol–water partition coefficient (Wildman–Crippen LogP) is 7.23. The highest BCUT2D eigenvalue weighted by Crippen LogP contribution is 2.39. The molecule has 0 aliphatic heterocycles. The molecule has 0 amide bonds. The van der Waals surface area contributed by atoms with E-state index in [0.717, 1.165) is 38.9 Å². The van der Waals surface area contributed by atoms with E-state index < -0.39 is 5.92 Å². The van der Waals surface area contributed by atoms with Crippen molar-refractivity contribution in [2.45, 2.75) is 26.2 Å². The molecule has 0 saturated heterocycles. The molecule has 2 heteroatoms. The third-order valence-corrected chi connectivity index (χ3v) is 6.50. The van der Waals surface area contributed by atoms with Crippen LogP contribution in [0.2, 0.25) is 0 Å². The summed E-state index contributed by atoms with van der Waals surface area (Å²) in [5.74, 6) is -0.290. The van der Waals surface area contributed by atoms with Crippen LogP contribution < -0.4 is 0 Å². The number of hydrogen-bond donors (Lipinski definition) is 0. The third-order valence-electron chi connectivity index (χ3n) is 6.50. The zero-order chi connectivity index (χ0) is 23.7. The van der Waals surface area contributed by atoms with Crippen LogP contribution in [0.3, 0.4) is 0 Å². The second-order valence-electron chi connectivity index (χ2n) is 9.02. The Morgan fingerprint density at radius 3 is 2.03 bits per heavy atom. The maximum absolute atomic E-state index is 14.0. The number of Topliss-reactive ketones (excluding diaryl/α,β-unsaturated/α-hetero) is 2. The van der Waals surface area contributed by atoms with Crippen molar-refractivity contribution in [1.82, 2.24) is 0 Å². The largest absolute Gasteiger partial charge is 0.294 e. The van der Waals surface area contributed by atoms with E-state index in [0.29, 0.717) is 17.5 Å². The van der Waals surface area contributed by atoms with Crippen LogP contribution >= 0.6 is 0 Å². The molecule has 0 N–H and O–H groups in total. The van der Waals surface area contributed by atoms with Crippen LogP contribution in [0.4, 0.5) is 0 Å². The first kappa shape index (κ1) is 21.8. The molecule has 1 aliphatic rings. The highest BCUT2D eigenvalue weighted by molar-refractivity contribution is 6.05. The van der Waals surface area contributed by atoms with Gasteiger partial charge in [0.15, 0.2) is 11.6 Å². The molecule has 1 unspecified atom stereocenters. The highest BCUT2D eigenvalue weighted by atomic mass is 16.1. The Morgan fingerprint density at radius 2 is 1.32 bits per heavy atom. The lowest BCUT2D eigenvalue weighted by molar-refractivity contribution is 0.0972. The summed E-state index contributed by atoms with van der Waals surface area (Å²) in [6, 6.07) is 29.4. The molecule has 34 heavy (non-hydrogen) atoms. The summed E-state index contributed by atoms with van der Waals surface area (Å²) in [6.07, 6.45) is 4.45. The van der Waals surface area contributed by atoms with Gasteiger partial charge in [0.25, 0.3) is 0 Å². The normalized spacial score (nSPS) is 14.1. The number of hydrogen-bond acceptors (Lipinski definition) is 2. The highest BCUT2D eigenvalue weighted by Gasteiger charge is 2.30. The lowest BCUT2D eigenvalue weighted by Crippen LogP contribution is -2.17. The summed E-state index contributed by atoms with van der Waals surface area (Å²) in [5, 5.41) is 0. The van der Waals surface area contributed by atoms with Gasteiger partial charge in [0.05, 0.1) is 5.92 Å². The number of rotatable bonds is 5. The van der Waals surface area contributed by atoms with Crippen molar-refractivity contribution >= 4 is 23.7 Å². The molecule has 0 radical (unpaired) electrons. The Bertz CT molecular complexity index is 1410. The number of carbonyl (C=O) groups excluding carboxylic acids is 2. The number of ketones is 2. The molecule has 0 spiro atoms. The monoisotopic (exact) mass is 442 g/mol. The van der Waals surface area contributed by atoms with E-state index in [4.69, 9.17) is 0 Å². The van der Waals surface area contributed by atoms with Gasteiger partial charge in [0, 0.05) is 17.5 Å². The molecule has 0 heterocycles. The number of fused-ring (bicyclic) bond motifs is 2. The molecule has 4 aromatic carbocycles. The Morgan fingerprint density at radius 1 is 0.676 bits per heavy atom. The maximum atomic E-state index is 14.0. The van der Waals surface area contributed by atoms with E-state index in [2.05, 4.69) is 49.4 Å². The van der Waals surface area contributed by atoms with Gasteiger partial charge in [-0.2, -0.15) is 0 Å². The van der Waals surface area contributed by atoms with E-state index >= 15 is 0 Å². The van der Waals surface area contributed by atoms with Crippen molar-refractivity contribution in [2.24, 2.45) is 0 Å². The summed E-state index contributed by atoms with van der Waals surface area (Å²) >= 11 is 0. The number of benzene rings is 4. The fourth-order valence-electron chi connectivity index (χ4n) is 4.88. The Labute approximate surface area is 200 Å². The zero-order valence-electron chi connectivity index (χ0n) is 19.4. The van der Waals surface area contributed by atoms with Crippen molar-refractivity contribution in [3.8, 4) is 0 Å². The van der Waals surface area contributed by atoms with Gasteiger partial charge in [0.2, 0.25) is 0 Å². The molecule has 5 rings (SSSR count). The van der Waals surface area contributed by atoms with Crippen molar-refractivity contribution in [1.29, 1.82) is 0 Å². The van der Waals surface area contributed by atoms with E-state index in [1.54, 1.807) is 0 Å². The third kappa shape index (κ3) is 4.15. The lowest BCUT2D eigenvalue weighted by Gasteiger charge is -2.22. The molecule has 0 aromatic heterocycles. The Hall–Kier alpha value is -4.04. The van der Waals surface area contributed by atoms with Crippen LogP contribution in [0.5, 0.6) is 0 Å². The predicted molar refractivity (Wildman–Crippen MR) is 138 cm³/mol. The lowest BCUT2D eigenvalue weighted by atomic mass is 9.79. The summed E-state index contributed by atoms with van der Waals surface area (Å²) < 4.78 is 0. The van der Waals surface area contributed by atoms with Crippen molar-refractivity contribution in [3.63, 3.8) is 0 Å². The van der Waals surface area contributed by atoms with Gasteiger partial charge in [-0.15, -0.1) is 0 Å². The molecule has 1 aliphatic carbocycles. The molecule has 1 atom stereocenters. The van der Waals surface area contributed by atoms with Crippen LogP contribution in [0.1, 0.15) is 65.6 Å². The van der Waals surface area contributed by atoms with Gasteiger partial charge in [-0.25, -0.2) is 0 Å². The average Bonchev–Trinajstić information content (AvgIpc) is 3.01. The summed E-state index contributed by atoms with van der Waals surface area (Å²) in [5.41, 5.74) is 8.49. The minimum absolute atomic E-state index is 0.0725. The molecule has 2 nitrogen and oxygen atoms in total. The van der Waals surface area contributed by atoms with E-state index in [1.165, 1.54) is 0 Å². The van der Waals surface area contributed by atoms with Gasteiger partial charge >= 0.3 is 0 Å². The second kappa shape index (κ2) is 9.07. The number of aryl methyl sites for hydroxylation is 2. The van der Waals surface area contributed by atoms with Crippen molar-refractivity contribution in [2.75, 3.05) is 0 Å². The second-order valence-corrected chi connectivity index (χ2v) is 9.02. The first-order valence-corrected chi connectivity index (χ1v) is 11.6. The Balaban J connectivity index is 1.68.